The van der Waals surface area contributed by atoms with Gasteiger partial charge in [-0.3, -0.25) is 4.90 Å². The molecule has 1 aliphatic rings. The van der Waals surface area contributed by atoms with Crippen LogP contribution in [0, 0.1) is 0 Å². The van der Waals surface area contributed by atoms with E-state index in [0.717, 1.165) is 25.8 Å². The first-order valence-corrected chi connectivity index (χ1v) is 5.32. The number of rotatable bonds is 3. The molecule has 1 aliphatic heterocycles. The fourth-order valence-electron chi connectivity index (χ4n) is 2.08. The Balaban J connectivity index is 2.44. The molecular formula is C10H21FN2. The summed E-state index contributed by atoms with van der Waals surface area (Å²) < 4.78 is 13.3. The zero-order chi connectivity index (χ0) is 9.84. The Kier molecular flexibility index (Phi) is 4.13. The van der Waals surface area contributed by atoms with E-state index in [0.29, 0.717) is 12.6 Å². The van der Waals surface area contributed by atoms with Crippen LogP contribution in [-0.4, -0.2) is 36.2 Å². The van der Waals surface area contributed by atoms with Crippen LogP contribution in [-0.2, 0) is 0 Å². The first-order chi connectivity index (χ1) is 6.19. The number of halogens is 1. The van der Waals surface area contributed by atoms with Crippen LogP contribution in [0.4, 0.5) is 4.39 Å². The van der Waals surface area contributed by atoms with Crippen molar-refractivity contribution in [3.05, 3.63) is 0 Å². The van der Waals surface area contributed by atoms with Gasteiger partial charge in [0.05, 0.1) is 0 Å². The minimum absolute atomic E-state index is 0.231. The van der Waals surface area contributed by atoms with Crippen molar-refractivity contribution in [3.8, 4) is 0 Å². The van der Waals surface area contributed by atoms with Crippen LogP contribution in [0.5, 0.6) is 0 Å². The SMILES string of the molecule is CCC(CC)N1CC[C@@H](N)[C@H](F)C1. The number of likely N-dealkylation sites (tertiary alicyclic amines) is 1. The van der Waals surface area contributed by atoms with E-state index in [2.05, 4.69) is 18.7 Å². The van der Waals surface area contributed by atoms with Gasteiger partial charge in [0, 0.05) is 25.2 Å². The summed E-state index contributed by atoms with van der Waals surface area (Å²) in [7, 11) is 0. The van der Waals surface area contributed by atoms with E-state index >= 15 is 0 Å². The second-order valence-corrected chi connectivity index (χ2v) is 3.93. The minimum atomic E-state index is -0.825. The Hall–Kier alpha value is -0.150. The highest BCUT2D eigenvalue weighted by Gasteiger charge is 2.28. The normalized spacial score (nSPS) is 31.2. The molecule has 0 unspecified atom stereocenters. The van der Waals surface area contributed by atoms with Crippen molar-refractivity contribution in [2.24, 2.45) is 5.73 Å². The molecule has 0 amide bonds. The van der Waals surface area contributed by atoms with Crippen molar-refractivity contribution in [2.45, 2.75) is 51.4 Å². The number of hydrogen-bond donors (Lipinski definition) is 1. The van der Waals surface area contributed by atoms with Gasteiger partial charge in [-0.2, -0.15) is 0 Å². The summed E-state index contributed by atoms with van der Waals surface area (Å²) in [6.45, 7) is 5.83. The number of nitrogens with zero attached hydrogens (tertiary/aromatic N) is 1. The third kappa shape index (κ3) is 2.64. The van der Waals surface area contributed by atoms with Crippen LogP contribution >= 0.6 is 0 Å². The average molecular weight is 188 g/mol. The van der Waals surface area contributed by atoms with E-state index in [1.807, 2.05) is 0 Å². The predicted molar refractivity (Wildman–Crippen MR) is 53.4 cm³/mol. The van der Waals surface area contributed by atoms with Crippen molar-refractivity contribution in [1.82, 2.24) is 4.90 Å². The molecule has 2 N–H and O–H groups in total. The Morgan fingerprint density at radius 1 is 1.46 bits per heavy atom. The summed E-state index contributed by atoms with van der Waals surface area (Å²) >= 11 is 0. The van der Waals surface area contributed by atoms with Gasteiger partial charge in [-0.1, -0.05) is 13.8 Å². The van der Waals surface area contributed by atoms with Crippen LogP contribution < -0.4 is 5.73 Å². The molecule has 3 heteroatoms. The van der Waals surface area contributed by atoms with Crippen LogP contribution in [0.3, 0.4) is 0 Å². The average Bonchev–Trinajstić information content (AvgIpc) is 2.13. The molecule has 1 saturated heterocycles. The highest BCUT2D eigenvalue weighted by atomic mass is 19.1. The third-order valence-corrected chi connectivity index (χ3v) is 3.08. The molecule has 13 heavy (non-hydrogen) atoms. The van der Waals surface area contributed by atoms with Gasteiger partial charge in [-0.05, 0) is 19.3 Å². The lowest BCUT2D eigenvalue weighted by molar-refractivity contribution is 0.0802. The van der Waals surface area contributed by atoms with Crippen molar-refractivity contribution in [3.63, 3.8) is 0 Å². The fraction of sp³-hybridized carbons (Fsp3) is 1.00. The molecule has 0 radical (unpaired) electrons. The van der Waals surface area contributed by atoms with Gasteiger partial charge in [0.2, 0.25) is 0 Å². The standard InChI is InChI=1S/C10H21FN2/c1-3-8(4-2)13-6-5-10(12)9(11)7-13/h8-10H,3-7,12H2,1-2H3/t9-,10-/m1/s1. The van der Waals surface area contributed by atoms with Gasteiger partial charge in [-0.25, -0.2) is 4.39 Å². The maximum atomic E-state index is 13.3. The Labute approximate surface area is 80.3 Å². The highest BCUT2D eigenvalue weighted by molar-refractivity contribution is 4.85. The summed E-state index contributed by atoms with van der Waals surface area (Å²) in [5.41, 5.74) is 5.62. The van der Waals surface area contributed by atoms with Gasteiger partial charge < -0.3 is 5.73 Å². The molecule has 0 aromatic heterocycles. The molecule has 0 aromatic carbocycles. The maximum absolute atomic E-state index is 13.3. The van der Waals surface area contributed by atoms with Gasteiger partial charge in [0.15, 0.2) is 0 Å². The van der Waals surface area contributed by atoms with E-state index in [1.165, 1.54) is 0 Å². The summed E-state index contributed by atoms with van der Waals surface area (Å²) in [5.74, 6) is 0. The van der Waals surface area contributed by atoms with E-state index in [1.54, 1.807) is 0 Å². The lowest BCUT2D eigenvalue weighted by atomic mass is 10.0. The molecule has 1 heterocycles. The largest absolute Gasteiger partial charge is 0.325 e. The molecule has 1 fully saturated rings. The molecule has 78 valence electrons. The molecule has 0 saturated carbocycles. The van der Waals surface area contributed by atoms with E-state index < -0.39 is 6.17 Å². The monoisotopic (exact) mass is 188 g/mol. The Morgan fingerprint density at radius 3 is 2.54 bits per heavy atom. The van der Waals surface area contributed by atoms with E-state index in [-0.39, 0.29) is 6.04 Å². The van der Waals surface area contributed by atoms with Gasteiger partial charge >= 0.3 is 0 Å². The number of piperidine rings is 1. The first-order valence-electron chi connectivity index (χ1n) is 5.32. The summed E-state index contributed by atoms with van der Waals surface area (Å²) in [5, 5.41) is 0. The zero-order valence-electron chi connectivity index (χ0n) is 8.67. The van der Waals surface area contributed by atoms with Crippen molar-refractivity contribution >= 4 is 0 Å². The van der Waals surface area contributed by atoms with Gasteiger partial charge in [0.1, 0.15) is 6.17 Å². The molecule has 0 spiro atoms. The fourth-order valence-corrected chi connectivity index (χ4v) is 2.08. The number of nitrogens with two attached hydrogens (primary N) is 1. The second-order valence-electron chi connectivity index (χ2n) is 3.93. The summed E-state index contributed by atoms with van der Waals surface area (Å²) in [6.07, 6.45) is 2.20. The molecule has 0 bridgehead atoms. The Bertz CT molecular complexity index is 148. The third-order valence-electron chi connectivity index (χ3n) is 3.08. The van der Waals surface area contributed by atoms with Gasteiger partial charge in [-0.15, -0.1) is 0 Å². The predicted octanol–water partition coefficient (Wildman–Crippen LogP) is 1.55. The lowest BCUT2D eigenvalue weighted by Crippen LogP contribution is -2.51. The molecule has 0 aromatic rings. The molecule has 0 aliphatic carbocycles. The smallest absolute Gasteiger partial charge is 0.128 e. The summed E-state index contributed by atoms with van der Waals surface area (Å²) in [6, 6.07) is 0.316. The van der Waals surface area contributed by atoms with Crippen LogP contribution in [0.1, 0.15) is 33.1 Å². The molecule has 2 atom stereocenters. The summed E-state index contributed by atoms with van der Waals surface area (Å²) in [4.78, 5) is 2.24. The van der Waals surface area contributed by atoms with Crippen LogP contribution in [0.15, 0.2) is 0 Å². The van der Waals surface area contributed by atoms with Crippen molar-refractivity contribution < 1.29 is 4.39 Å². The molecular weight excluding hydrogens is 167 g/mol. The Morgan fingerprint density at radius 2 is 2.08 bits per heavy atom. The van der Waals surface area contributed by atoms with Crippen molar-refractivity contribution in [1.29, 1.82) is 0 Å². The topological polar surface area (TPSA) is 29.3 Å². The number of hydrogen-bond acceptors (Lipinski definition) is 2. The van der Waals surface area contributed by atoms with E-state index in [9.17, 15) is 4.39 Å². The maximum Gasteiger partial charge on any atom is 0.128 e. The lowest BCUT2D eigenvalue weighted by Gasteiger charge is -2.37. The second kappa shape index (κ2) is 4.91. The highest BCUT2D eigenvalue weighted by Crippen LogP contribution is 2.17. The number of alkyl halides is 1. The molecule has 1 rings (SSSR count). The quantitative estimate of drug-likeness (QED) is 0.728. The van der Waals surface area contributed by atoms with E-state index in [4.69, 9.17) is 5.73 Å². The first kappa shape index (κ1) is 10.9. The van der Waals surface area contributed by atoms with Crippen LogP contribution in [0.25, 0.3) is 0 Å². The van der Waals surface area contributed by atoms with Crippen molar-refractivity contribution in [2.75, 3.05) is 13.1 Å². The minimum Gasteiger partial charge on any atom is -0.325 e. The van der Waals surface area contributed by atoms with Crippen LogP contribution in [0.2, 0.25) is 0 Å². The van der Waals surface area contributed by atoms with Gasteiger partial charge in [0.25, 0.3) is 0 Å². The molecule has 2 nitrogen and oxygen atoms in total. The zero-order valence-corrected chi connectivity index (χ0v) is 8.67.